The third-order valence-electron chi connectivity index (χ3n) is 3.81. The van der Waals surface area contributed by atoms with Crippen molar-refractivity contribution in [1.29, 1.82) is 0 Å². The van der Waals surface area contributed by atoms with Gasteiger partial charge in [0.05, 0.1) is 5.92 Å². The Balaban J connectivity index is 2.12. The van der Waals surface area contributed by atoms with Crippen LogP contribution in [0, 0.1) is 12.8 Å². The number of hydrogen-bond donors (Lipinski definition) is 2. The maximum Gasteiger partial charge on any atom is 0.221 e. The number of rotatable bonds is 3. The van der Waals surface area contributed by atoms with E-state index in [1.54, 1.807) is 6.07 Å². The summed E-state index contributed by atoms with van der Waals surface area (Å²) in [4.78, 5) is 13.4. The molecular weight excluding hydrogens is 228 g/mol. The van der Waals surface area contributed by atoms with Crippen LogP contribution in [0.4, 0.5) is 0 Å². The van der Waals surface area contributed by atoms with Gasteiger partial charge in [0.25, 0.3) is 0 Å². The van der Waals surface area contributed by atoms with E-state index in [1.807, 2.05) is 26.0 Å². The molecule has 1 amide bonds. The first-order valence-corrected chi connectivity index (χ1v) is 6.32. The molecule has 1 fully saturated rings. The van der Waals surface area contributed by atoms with Gasteiger partial charge in [-0.25, -0.2) is 0 Å². The molecule has 1 aliphatic heterocycles. The molecule has 0 saturated carbocycles. The molecule has 1 aromatic carbocycles. The number of amides is 1. The lowest BCUT2D eigenvalue weighted by Gasteiger charge is -2.25. The van der Waals surface area contributed by atoms with Crippen LogP contribution >= 0.6 is 0 Å². The van der Waals surface area contributed by atoms with Crippen LogP contribution in [-0.2, 0) is 4.79 Å². The van der Waals surface area contributed by atoms with Gasteiger partial charge in [-0.2, -0.15) is 0 Å². The van der Waals surface area contributed by atoms with Crippen LogP contribution in [0.25, 0.3) is 0 Å². The second-order valence-corrected chi connectivity index (χ2v) is 5.12. The average Bonchev–Trinajstić information content (AvgIpc) is 2.77. The summed E-state index contributed by atoms with van der Waals surface area (Å²) in [5.41, 5.74) is 7.28. The minimum Gasteiger partial charge on any atom is -0.508 e. The van der Waals surface area contributed by atoms with Crippen LogP contribution in [-0.4, -0.2) is 29.0 Å². The largest absolute Gasteiger partial charge is 0.508 e. The highest BCUT2D eigenvalue weighted by molar-refractivity contribution is 5.77. The smallest absolute Gasteiger partial charge is 0.221 e. The van der Waals surface area contributed by atoms with Crippen molar-refractivity contribution in [3.63, 3.8) is 0 Å². The number of phenolic OH excluding ortho intramolecular Hbond substituents is 1. The highest BCUT2D eigenvalue weighted by Crippen LogP contribution is 2.32. The van der Waals surface area contributed by atoms with E-state index in [2.05, 4.69) is 4.90 Å². The van der Waals surface area contributed by atoms with Crippen LogP contribution in [0.1, 0.15) is 30.5 Å². The molecule has 3 N–H and O–H groups in total. The second-order valence-electron chi connectivity index (χ2n) is 5.12. The van der Waals surface area contributed by atoms with E-state index in [1.165, 1.54) is 0 Å². The van der Waals surface area contributed by atoms with Gasteiger partial charge in [-0.3, -0.25) is 9.69 Å². The first-order valence-electron chi connectivity index (χ1n) is 6.32. The number of phenols is 1. The number of aromatic hydroxyl groups is 1. The molecular formula is C14H20N2O2. The predicted octanol–water partition coefficient (Wildman–Crippen LogP) is 1.57. The van der Waals surface area contributed by atoms with Crippen molar-refractivity contribution in [2.45, 2.75) is 26.3 Å². The monoisotopic (exact) mass is 248 g/mol. The SMILES string of the molecule is Cc1ccc(C(C)N2CCC(C(N)=O)C2)c(O)c1. The number of aryl methyl sites for hydroxylation is 1. The topological polar surface area (TPSA) is 66.6 Å². The summed E-state index contributed by atoms with van der Waals surface area (Å²) in [5.74, 6) is 0.0443. The van der Waals surface area contributed by atoms with Crippen LogP contribution in [0.3, 0.4) is 0 Å². The van der Waals surface area contributed by atoms with Crippen LogP contribution in [0.2, 0.25) is 0 Å². The maximum atomic E-state index is 11.2. The highest BCUT2D eigenvalue weighted by Gasteiger charge is 2.30. The zero-order chi connectivity index (χ0) is 13.3. The summed E-state index contributed by atoms with van der Waals surface area (Å²) in [6.07, 6.45) is 0.812. The molecule has 0 radical (unpaired) electrons. The van der Waals surface area contributed by atoms with Crippen LogP contribution < -0.4 is 5.73 Å². The molecule has 0 bridgehead atoms. The fourth-order valence-corrected chi connectivity index (χ4v) is 2.57. The number of hydrogen-bond acceptors (Lipinski definition) is 3. The first-order chi connectivity index (χ1) is 8.49. The maximum absolute atomic E-state index is 11.2. The molecule has 0 aromatic heterocycles. The van der Waals surface area contributed by atoms with Crippen molar-refractivity contribution in [2.75, 3.05) is 13.1 Å². The lowest BCUT2D eigenvalue weighted by atomic mass is 10.0. The molecule has 98 valence electrons. The van der Waals surface area contributed by atoms with Gasteiger partial charge in [0.1, 0.15) is 5.75 Å². The minimum absolute atomic E-state index is 0.0555. The Morgan fingerprint density at radius 3 is 2.83 bits per heavy atom. The number of benzene rings is 1. The van der Waals surface area contributed by atoms with E-state index in [0.29, 0.717) is 12.3 Å². The Kier molecular flexibility index (Phi) is 3.57. The molecule has 0 spiro atoms. The van der Waals surface area contributed by atoms with E-state index in [0.717, 1.165) is 24.1 Å². The summed E-state index contributed by atoms with van der Waals surface area (Å²) in [6.45, 7) is 5.53. The van der Waals surface area contributed by atoms with Gasteiger partial charge in [0, 0.05) is 18.2 Å². The molecule has 1 saturated heterocycles. The molecule has 2 unspecified atom stereocenters. The van der Waals surface area contributed by atoms with Gasteiger partial charge in [-0.05, 0) is 38.4 Å². The molecule has 4 heteroatoms. The third kappa shape index (κ3) is 2.48. The Hall–Kier alpha value is -1.55. The lowest BCUT2D eigenvalue weighted by Crippen LogP contribution is -2.29. The van der Waals surface area contributed by atoms with Crippen LogP contribution in [0.15, 0.2) is 18.2 Å². The molecule has 1 heterocycles. The number of primary amides is 1. The number of likely N-dealkylation sites (tertiary alicyclic amines) is 1. The summed E-state index contributed by atoms with van der Waals surface area (Å²) in [7, 11) is 0. The van der Waals surface area contributed by atoms with Crippen molar-refractivity contribution < 1.29 is 9.90 Å². The molecule has 18 heavy (non-hydrogen) atoms. The van der Waals surface area contributed by atoms with Crippen molar-refractivity contribution in [3.05, 3.63) is 29.3 Å². The summed E-state index contributed by atoms with van der Waals surface area (Å²) in [5, 5.41) is 9.98. The van der Waals surface area contributed by atoms with E-state index in [-0.39, 0.29) is 17.9 Å². The molecule has 4 nitrogen and oxygen atoms in total. The summed E-state index contributed by atoms with van der Waals surface area (Å²) >= 11 is 0. The summed E-state index contributed by atoms with van der Waals surface area (Å²) in [6, 6.07) is 5.82. The number of nitrogens with zero attached hydrogens (tertiary/aromatic N) is 1. The van der Waals surface area contributed by atoms with Crippen molar-refractivity contribution in [3.8, 4) is 5.75 Å². The van der Waals surface area contributed by atoms with Gasteiger partial charge in [0.15, 0.2) is 0 Å². The number of nitrogens with two attached hydrogens (primary N) is 1. The zero-order valence-corrected chi connectivity index (χ0v) is 10.9. The standard InChI is InChI=1S/C14H20N2O2/c1-9-3-4-12(13(17)7-9)10(2)16-6-5-11(8-16)14(15)18/h3-4,7,10-11,17H,5-6,8H2,1-2H3,(H2,15,18). The molecule has 2 atom stereocenters. The van der Waals surface area contributed by atoms with Crippen molar-refractivity contribution in [1.82, 2.24) is 4.90 Å². The van der Waals surface area contributed by atoms with Gasteiger partial charge < -0.3 is 10.8 Å². The molecule has 1 aromatic rings. The van der Waals surface area contributed by atoms with Gasteiger partial charge in [0.2, 0.25) is 5.91 Å². The minimum atomic E-state index is -0.224. The van der Waals surface area contributed by atoms with Crippen molar-refractivity contribution >= 4 is 5.91 Å². The molecule has 2 rings (SSSR count). The van der Waals surface area contributed by atoms with E-state index in [4.69, 9.17) is 5.73 Å². The lowest BCUT2D eigenvalue weighted by molar-refractivity contribution is -0.121. The Morgan fingerprint density at radius 1 is 1.56 bits per heavy atom. The van der Waals surface area contributed by atoms with Gasteiger partial charge >= 0.3 is 0 Å². The van der Waals surface area contributed by atoms with E-state index < -0.39 is 0 Å². The third-order valence-corrected chi connectivity index (χ3v) is 3.81. The average molecular weight is 248 g/mol. The number of carbonyl (C=O) groups excluding carboxylic acids is 1. The fraction of sp³-hybridized carbons (Fsp3) is 0.500. The Labute approximate surface area is 107 Å². The zero-order valence-electron chi connectivity index (χ0n) is 10.9. The van der Waals surface area contributed by atoms with Crippen molar-refractivity contribution in [2.24, 2.45) is 11.7 Å². The van der Waals surface area contributed by atoms with Gasteiger partial charge in [-0.15, -0.1) is 0 Å². The molecule has 0 aliphatic carbocycles. The Bertz CT molecular complexity index is 459. The highest BCUT2D eigenvalue weighted by atomic mass is 16.3. The normalized spacial score (nSPS) is 22.0. The second kappa shape index (κ2) is 4.98. The quantitative estimate of drug-likeness (QED) is 0.853. The van der Waals surface area contributed by atoms with Gasteiger partial charge in [-0.1, -0.05) is 12.1 Å². The van der Waals surface area contributed by atoms with Crippen LogP contribution in [0.5, 0.6) is 5.75 Å². The predicted molar refractivity (Wildman–Crippen MR) is 70.1 cm³/mol. The first kappa shape index (κ1) is 12.9. The summed E-state index contributed by atoms with van der Waals surface area (Å²) < 4.78 is 0. The van der Waals surface area contributed by atoms with E-state index >= 15 is 0 Å². The Morgan fingerprint density at radius 2 is 2.28 bits per heavy atom. The fourth-order valence-electron chi connectivity index (χ4n) is 2.57. The van der Waals surface area contributed by atoms with E-state index in [9.17, 15) is 9.90 Å². The number of carbonyl (C=O) groups is 1. The molecule has 1 aliphatic rings.